The fourth-order valence-electron chi connectivity index (χ4n) is 3.06. The maximum atomic E-state index is 12.0. The Labute approximate surface area is 168 Å². The lowest BCUT2D eigenvalue weighted by Gasteiger charge is -2.06. The first-order chi connectivity index (χ1) is 13.7. The van der Waals surface area contributed by atoms with Gasteiger partial charge in [0, 0.05) is 12.8 Å². The number of carbonyl (C=O) groups excluding carboxylic acids is 2. The second-order valence-corrected chi connectivity index (χ2v) is 7.18. The van der Waals surface area contributed by atoms with Crippen LogP contribution in [0.25, 0.3) is 10.8 Å². The van der Waals surface area contributed by atoms with Crippen molar-refractivity contribution >= 4 is 22.7 Å². The van der Waals surface area contributed by atoms with E-state index in [0.29, 0.717) is 25.2 Å². The molecule has 0 aliphatic rings. The first kappa shape index (κ1) is 21.9. The zero-order valence-corrected chi connectivity index (χ0v) is 17.0. The second-order valence-electron chi connectivity index (χ2n) is 7.18. The lowest BCUT2D eigenvalue weighted by atomic mass is 10.1. The molecule has 0 aliphatic carbocycles. The Morgan fingerprint density at radius 3 is 2.11 bits per heavy atom. The minimum Gasteiger partial charge on any atom is -0.466 e. The molecule has 0 N–H and O–H groups in total. The standard InChI is InChI=1S/C24H32O4/c1-2-3-18-27-23(25)14-8-6-4-5-7-9-15-24(26)28-22-17-16-20-12-10-11-13-21(20)19-22/h10-13,16-17,19H,2-9,14-15,18H2,1H3. The van der Waals surface area contributed by atoms with E-state index < -0.39 is 0 Å². The molecule has 0 bridgehead atoms. The predicted molar refractivity (Wildman–Crippen MR) is 112 cm³/mol. The fraction of sp³-hybridized carbons (Fsp3) is 0.500. The van der Waals surface area contributed by atoms with Crippen LogP contribution in [0, 0.1) is 0 Å². The highest BCUT2D eigenvalue weighted by molar-refractivity contribution is 5.84. The lowest BCUT2D eigenvalue weighted by Crippen LogP contribution is -2.07. The van der Waals surface area contributed by atoms with Gasteiger partial charge in [-0.05, 0) is 42.2 Å². The van der Waals surface area contributed by atoms with Gasteiger partial charge < -0.3 is 9.47 Å². The van der Waals surface area contributed by atoms with Crippen LogP contribution < -0.4 is 4.74 Å². The van der Waals surface area contributed by atoms with Gasteiger partial charge in [0.1, 0.15) is 5.75 Å². The maximum Gasteiger partial charge on any atom is 0.311 e. The SMILES string of the molecule is CCCCOC(=O)CCCCCCCCC(=O)Oc1ccc2ccccc2c1. The van der Waals surface area contributed by atoms with Crippen molar-refractivity contribution in [3.05, 3.63) is 42.5 Å². The van der Waals surface area contributed by atoms with E-state index in [-0.39, 0.29) is 11.9 Å². The lowest BCUT2D eigenvalue weighted by molar-refractivity contribution is -0.144. The number of hydrogen-bond acceptors (Lipinski definition) is 4. The predicted octanol–water partition coefficient (Wildman–Crippen LogP) is 6.21. The van der Waals surface area contributed by atoms with E-state index in [1.165, 1.54) is 0 Å². The van der Waals surface area contributed by atoms with Crippen molar-refractivity contribution in [2.24, 2.45) is 0 Å². The average molecular weight is 385 g/mol. The van der Waals surface area contributed by atoms with Crippen molar-refractivity contribution in [1.29, 1.82) is 0 Å². The Kier molecular flexibility index (Phi) is 10.1. The van der Waals surface area contributed by atoms with Crippen molar-refractivity contribution in [2.75, 3.05) is 6.61 Å². The zero-order chi connectivity index (χ0) is 20.0. The largest absolute Gasteiger partial charge is 0.466 e. The van der Waals surface area contributed by atoms with E-state index in [9.17, 15) is 9.59 Å². The summed E-state index contributed by atoms with van der Waals surface area (Å²) >= 11 is 0. The van der Waals surface area contributed by atoms with Crippen LogP contribution in [0.5, 0.6) is 5.75 Å². The Balaban J connectivity index is 1.50. The van der Waals surface area contributed by atoms with Gasteiger partial charge in [0.2, 0.25) is 0 Å². The molecule has 0 heterocycles. The number of fused-ring (bicyclic) bond motifs is 1. The highest BCUT2D eigenvalue weighted by Gasteiger charge is 2.06. The van der Waals surface area contributed by atoms with Crippen molar-refractivity contribution in [3.8, 4) is 5.75 Å². The fourth-order valence-corrected chi connectivity index (χ4v) is 3.06. The van der Waals surface area contributed by atoms with Gasteiger partial charge in [-0.25, -0.2) is 0 Å². The first-order valence-electron chi connectivity index (χ1n) is 10.5. The molecule has 0 saturated carbocycles. The van der Waals surface area contributed by atoms with Crippen LogP contribution in [0.2, 0.25) is 0 Å². The molecule has 0 atom stereocenters. The molecule has 28 heavy (non-hydrogen) atoms. The van der Waals surface area contributed by atoms with Crippen LogP contribution in [-0.4, -0.2) is 18.5 Å². The highest BCUT2D eigenvalue weighted by atomic mass is 16.5. The minimum absolute atomic E-state index is 0.0788. The third-order valence-electron chi connectivity index (χ3n) is 4.73. The summed E-state index contributed by atoms with van der Waals surface area (Å²) in [4.78, 5) is 23.5. The molecule has 4 heteroatoms. The zero-order valence-electron chi connectivity index (χ0n) is 17.0. The second kappa shape index (κ2) is 12.9. The Morgan fingerprint density at radius 1 is 0.750 bits per heavy atom. The quantitative estimate of drug-likeness (QED) is 0.234. The van der Waals surface area contributed by atoms with E-state index in [2.05, 4.69) is 6.92 Å². The molecule has 0 saturated heterocycles. The van der Waals surface area contributed by atoms with E-state index in [4.69, 9.17) is 9.47 Å². The Bertz CT molecular complexity index is 738. The van der Waals surface area contributed by atoms with Gasteiger partial charge in [0.05, 0.1) is 6.61 Å². The highest BCUT2D eigenvalue weighted by Crippen LogP contribution is 2.21. The van der Waals surface area contributed by atoms with Crippen molar-refractivity contribution in [1.82, 2.24) is 0 Å². The van der Waals surface area contributed by atoms with Gasteiger partial charge in [-0.1, -0.05) is 69.4 Å². The molecule has 0 spiro atoms. The number of unbranched alkanes of at least 4 members (excludes halogenated alkanes) is 6. The van der Waals surface area contributed by atoms with Crippen LogP contribution in [0.4, 0.5) is 0 Å². The number of ether oxygens (including phenoxy) is 2. The van der Waals surface area contributed by atoms with Crippen LogP contribution >= 0.6 is 0 Å². The summed E-state index contributed by atoms with van der Waals surface area (Å²) in [6.45, 7) is 2.63. The molecule has 0 aliphatic heterocycles. The van der Waals surface area contributed by atoms with E-state index >= 15 is 0 Å². The summed E-state index contributed by atoms with van der Waals surface area (Å²) in [5, 5.41) is 2.21. The van der Waals surface area contributed by atoms with Crippen LogP contribution in [0.1, 0.15) is 71.1 Å². The van der Waals surface area contributed by atoms with Crippen LogP contribution in [0.15, 0.2) is 42.5 Å². The molecule has 0 fully saturated rings. The summed E-state index contributed by atoms with van der Waals surface area (Å²) in [5.41, 5.74) is 0. The smallest absolute Gasteiger partial charge is 0.311 e. The number of carbonyl (C=O) groups is 2. The summed E-state index contributed by atoms with van der Waals surface area (Å²) in [6.07, 6.45) is 8.87. The van der Waals surface area contributed by atoms with Gasteiger partial charge in [-0.2, -0.15) is 0 Å². The molecular formula is C24H32O4. The molecule has 0 unspecified atom stereocenters. The van der Waals surface area contributed by atoms with Gasteiger partial charge in [-0.15, -0.1) is 0 Å². The number of benzene rings is 2. The molecule has 0 radical (unpaired) electrons. The van der Waals surface area contributed by atoms with Crippen molar-refractivity contribution in [3.63, 3.8) is 0 Å². The minimum atomic E-state index is -0.176. The van der Waals surface area contributed by atoms with E-state index in [1.807, 2.05) is 42.5 Å². The number of rotatable bonds is 13. The molecule has 0 aromatic heterocycles. The monoisotopic (exact) mass is 384 g/mol. The molecule has 152 valence electrons. The van der Waals surface area contributed by atoms with E-state index in [0.717, 1.165) is 62.1 Å². The Hall–Kier alpha value is -2.36. The van der Waals surface area contributed by atoms with Gasteiger partial charge in [-0.3, -0.25) is 9.59 Å². The summed E-state index contributed by atoms with van der Waals surface area (Å²) < 4.78 is 10.6. The van der Waals surface area contributed by atoms with Crippen molar-refractivity contribution < 1.29 is 19.1 Å². The van der Waals surface area contributed by atoms with Gasteiger partial charge in [0.15, 0.2) is 0 Å². The van der Waals surface area contributed by atoms with Crippen molar-refractivity contribution in [2.45, 2.75) is 71.1 Å². The van der Waals surface area contributed by atoms with Crippen LogP contribution in [-0.2, 0) is 14.3 Å². The molecule has 2 aromatic carbocycles. The maximum absolute atomic E-state index is 12.0. The normalized spacial score (nSPS) is 10.8. The molecule has 4 nitrogen and oxygen atoms in total. The average Bonchev–Trinajstić information content (AvgIpc) is 2.70. The summed E-state index contributed by atoms with van der Waals surface area (Å²) in [7, 11) is 0. The first-order valence-corrected chi connectivity index (χ1v) is 10.5. The molecule has 0 amide bonds. The van der Waals surface area contributed by atoms with Gasteiger partial charge in [0.25, 0.3) is 0 Å². The van der Waals surface area contributed by atoms with E-state index in [1.54, 1.807) is 0 Å². The topological polar surface area (TPSA) is 52.6 Å². The molecule has 2 rings (SSSR count). The molecular weight excluding hydrogens is 352 g/mol. The van der Waals surface area contributed by atoms with Crippen LogP contribution in [0.3, 0.4) is 0 Å². The van der Waals surface area contributed by atoms with Gasteiger partial charge >= 0.3 is 11.9 Å². The number of hydrogen-bond donors (Lipinski definition) is 0. The third-order valence-corrected chi connectivity index (χ3v) is 4.73. The molecule has 2 aromatic rings. The Morgan fingerprint density at radius 2 is 1.39 bits per heavy atom. The number of esters is 2. The third kappa shape index (κ3) is 8.55. The summed E-state index contributed by atoms with van der Waals surface area (Å²) in [5.74, 6) is 0.351. The summed E-state index contributed by atoms with van der Waals surface area (Å²) in [6, 6.07) is 13.7.